The Morgan fingerprint density at radius 1 is 0.714 bits per heavy atom. The molecule has 3 aromatic heterocycles. The summed E-state index contributed by atoms with van der Waals surface area (Å²) >= 11 is 0. The molecule has 6 aromatic rings. The van der Waals surface area contributed by atoms with Crippen LogP contribution >= 0.6 is 0 Å². The summed E-state index contributed by atoms with van der Waals surface area (Å²) in [5, 5.41) is 2.52. The predicted octanol–water partition coefficient (Wildman–Crippen LogP) is 5.99. The van der Waals surface area contributed by atoms with Crippen LogP contribution in [0.2, 0.25) is 0 Å². The number of nitrogens with zero attached hydrogens (tertiary/aromatic N) is 3. The van der Waals surface area contributed by atoms with Crippen molar-refractivity contribution in [3.63, 3.8) is 0 Å². The van der Waals surface area contributed by atoms with Gasteiger partial charge in [-0.15, -0.1) is 0 Å². The van der Waals surface area contributed by atoms with E-state index in [-0.39, 0.29) is 0 Å². The zero-order valence-electron chi connectivity index (χ0n) is 14.9. The summed E-state index contributed by atoms with van der Waals surface area (Å²) in [5.41, 5.74) is 5.97. The van der Waals surface area contributed by atoms with Crippen LogP contribution in [0.3, 0.4) is 0 Å². The molecule has 0 aliphatic rings. The molecule has 0 N–H and O–H groups in total. The van der Waals surface area contributed by atoms with Gasteiger partial charge in [-0.3, -0.25) is 4.98 Å². The lowest BCUT2D eigenvalue weighted by Gasteiger charge is -2.08. The Morgan fingerprint density at radius 2 is 1.39 bits per heavy atom. The second-order valence-corrected chi connectivity index (χ2v) is 6.78. The first-order valence-electron chi connectivity index (χ1n) is 9.18. The van der Waals surface area contributed by atoms with E-state index in [0.29, 0.717) is 5.89 Å². The largest absolute Gasteiger partial charge is 0.436 e. The van der Waals surface area contributed by atoms with Crippen LogP contribution in [-0.2, 0) is 0 Å². The molecule has 0 spiro atoms. The fraction of sp³-hybridized carbons (Fsp3) is 0. The molecule has 6 rings (SSSR count). The molecule has 0 radical (unpaired) electrons. The lowest BCUT2D eigenvalue weighted by atomic mass is 10.2. The molecule has 3 aromatic carbocycles. The smallest absolute Gasteiger partial charge is 0.227 e. The third-order valence-corrected chi connectivity index (χ3v) is 5.14. The van der Waals surface area contributed by atoms with Gasteiger partial charge in [-0.1, -0.05) is 36.4 Å². The molecule has 0 saturated heterocycles. The number of hydrogen-bond donors (Lipinski definition) is 0. The van der Waals surface area contributed by atoms with Gasteiger partial charge in [0.15, 0.2) is 5.58 Å². The van der Waals surface area contributed by atoms with E-state index < -0.39 is 0 Å². The van der Waals surface area contributed by atoms with Crippen molar-refractivity contribution < 1.29 is 4.42 Å². The van der Waals surface area contributed by atoms with E-state index >= 15 is 0 Å². The van der Waals surface area contributed by atoms with E-state index in [4.69, 9.17) is 4.42 Å². The first kappa shape index (κ1) is 15.2. The summed E-state index contributed by atoms with van der Waals surface area (Å²) in [4.78, 5) is 8.64. The quantitative estimate of drug-likeness (QED) is 0.381. The van der Waals surface area contributed by atoms with E-state index in [1.807, 2.05) is 6.07 Å². The van der Waals surface area contributed by atoms with Crippen LogP contribution in [0.4, 0.5) is 0 Å². The first-order chi connectivity index (χ1) is 13.9. The van der Waals surface area contributed by atoms with Crippen LogP contribution in [0.1, 0.15) is 0 Å². The average molecular weight is 361 g/mol. The van der Waals surface area contributed by atoms with E-state index in [9.17, 15) is 0 Å². The maximum atomic E-state index is 5.87. The lowest BCUT2D eigenvalue weighted by Crippen LogP contribution is -1.93. The Labute approximate surface area is 160 Å². The summed E-state index contributed by atoms with van der Waals surface area (Å²) in [5.74, 6) is 0.608. The molecule has 4 nitrogen and oxygen atoms in total. The molecule has 0 amide bonds. The van der Waals surface area contributed by atoms with E-state index in [2.05, 4.69) is 87.3 Å². The number of benzene rings is 3. The predicted molar refractivity (Wildman–Crippen MR) is 112 cm³/mol. The molecule has 28 heavy (non-hydrogen) atoms. The van der Waals surface area contributed by atoms with Crippen LogP contribution in [0.5, 0.6) is 0 Å². The number of para-hydroxylation sites is 2. The topological polar surface area (TPSA) is 43.9 Å². The van der Waals surface area contributed by atoms with Gasteiger partial charge < -0.3 is 8.98 Å². The summed E-state index contributed by atoms with van der Waals surface area (Å²) in [6.45, 7) is 0. The Morgan fingerprint density at radius 3 is 2.07 bits per heavy atom. The fourth-order valence-electron chi connectivity index (χ4n) is 3.86. The van der Waals surface area contributed by atoms with Crippen molar-refractivity contribution in [1.82, 2.24) is 14.5 Å². The summed E-state index contributed by atoms with van der Waals surface area (Å²) in [6, 6.07) is 27.2. The molecule has 0 bridgehead atoms. The highest BCUT2D eigenvalue weighted by Crippen LogP contribution is 2.32. The molecular weight excluding hydrogens is 346 g/mol. The Hall–Kier alpha value is -3.92. The van der Waals surface area contributed by atoms with E-state index in [0.717, 1.165) is 22.4 Å². The van der Waals surface area contributed by atoms with Crippen molar-refractivity contribution in [2.75, 3.05) is 0 Å². The zero-order chi connectivity index (χ0) is 18.5. The van der Waals surface area contributed by atoms with Crippen molar-refractivity contribution in [3.8, 4) is 17.1 Å². The summed E-state index contributed by atoms with van der Waals surface area (Å²) < 4.78 is 8.16. The minimum absolute atomic E-state index is 0.608. The highest BCUT2D eigenvalue weighted by atomic mass is 16.3. The first-order valence-corrected chi connectivity index (χ1v) is 9.18. The summed E-state index contributed by atoms with van der Waals surface area (Å²) in [6.07, 6.45) is 3.43. The monoisotopic (exact) mass is 361 g/mol. The van der Waals surface area contributed by atoms with Gasteiger partial charge >= 0.3 is 0 Å². The second-order valence-electron chi connectivity index (χ2n) is 6.78. The highest BCUT2D eigenvalue weighted by molar-refractivity contribution is 6.09. The van der Waals surface area contributed by atoms with Gasteiger partial charge in [0.05, 0.1) is 17.2 Å². The molecule has 0 atom stereocenters. The van der Waals surface area contributed by atoms with Gasteiger partial charge in [0.2, 0.25) is 5.89 Å². The van der Waals surface area contributed by atoms with Crippen LogP contribution < -0.4 is 0 Å². The van der Waals surface area contributed by atoms with Gasteiger partial charge in [-0.25, -0.2) is 4.98 Å². The average Bonchev–Trinajstić information content (AvgIpc) is 3.33. The molecule has 0 saturated carbocycles. The number of pyridine rings is 1. The van der Waals surface area contributed by atoms with Crippen LogP contribution in [0.25, 0.3) is 50.0 Å². The van der Waals surface area contributed by atoms with Gasteiger partial charge in [-0.05, 0) is 36.4 Å². The molecule has 0 fully saturated rings. The Bertz CT molecular complexity index is 1370. The molecular formula is C24H15N3O. The number of hydrogen-bond acceptors (Lipinski definition) is 3. The molecule has 132 valence electrons. The number of oxazole rings is 1. The van der Waals surface area contributed by atoms with Crippen LogP contribution in [0, 0.1) is 0 Å². The van der Waals surface area contributed by atoms with Crippen LogP contribution in [-0.4, -0.2) is 14.5 Å². The molecule has 0 aliphatic heterocycles. The van der Waals surface area contributed by atoms with Crippen LogP contribution in [0.15, 0.2) is 95.7 Å². The van der Waals surface area contributed by atoms with Crippen molar-refractivity contribution in [2.24, 2.45) is 0 Å². The van der Waals surface area contributed by atoms with Gasteiger partial charge in [0, 0.05) is 34.3 Å². The number of rotatable bonds is 2. The van der Waals surface area contributed by atoms with Gasteiger partial charge in [-0.2, -0.15) is 0 Å². The normalized spacial score (nSPS) is 11.6. The third-order valence-electron chi connectivity index (χ3n) is 5.14. The molecule has 4 heteroatoms. The van der Waals surface area contributed by atoms with E-state index in [1.54, 1.807) is 12.4 Å². The highest BCUT2D eigenvalue weighted by Gasteiger charge is 2.12. The lowest BCUT2D eigenvalue weighted by molar-refractivity contribution is 0.619. The minimum Gasteiger partial charge on any atom is -0.436 e. The van der Waals surface area contributed by atoms with E-state index in [1.165, 1.54) is 21.8 Å². The standard InChI is InChI=1S/C24H15N3O/c1-3-7-21-18(5-1)19-6-2-4-8-22(19)27(21)17-11-9-16(10-12-17)24-26-20-15-25-14-13-23(20)28-24/h1-15H. The fourth-order valence-corrected chi connectivity index (χ4v) is 3.86. The number of fused-ring (bicyclic) bond motifs is 4. The van der Waals surface area contributed by atoms with Crippen molar-refractivity contribution in [1.29, 1.82) is 0 Å². The Balaban J connectivity index is 1.52. The maximum absolute atomic E-state index is 5.87. The minimum atomic E-state index is 0.608. The molecule has 0 unspecified atom stereocenters. The van der Waals surface area contributed by atoms with Crippen molar-refractivity contribution in [2.45, 2.75) is 0 Å². The van der Waals surface area contributed by atoms with Crippen molar-refractivity contribution >= 4 is 32.9 Å². The molecule has 3 heterocycles. The Kier molecular flexibility index (Phi) is 3.14. The van der Waals surface area contributed by atoms with Gasteiger partial charge in [0.25, 0.3) is 0 Å². The van der Waals surface area contributed by atoms with Crippen molar-refractivity contribution in [3.05, 3.63) is 91.3 Å². The van der Waals surface area contributed by atoms with Gasteiger partial charge in [0.1, 0.15) is 5.52 Å². The molecule has 0 aliphatic carbocycles. The number of aromatic nitrogens is 3. The SMILES string of the molecule is c1ccc2c(c1)c1ccccc1n2-c1ccc(-c2nc3cnccc3o2)cc1. The maximum Gasteiger partial charge on any atom is 0.227 e. The summed E-state index contributed by atoms with van der Waals surface area (Å²) in [7, 11) is 0. The second kappa shape index (κ2) is 5.79. The third kappa shape index (κ3) is 2.18. The zero-order valence-corrected chi connectivity index (χ0v) is 14.9.